The van der Waals surface area contributed by atoms with Crippen molar-refractivity contribution < 1.29 is 4.79 Å². The molecule has 8 nitrogen and oxygen atoms in total. The molecule has 0 N–H and O–H groups in total. The van der Waals surface area contributed by atoms with Crippen LogP contribution in [0.25, 0.3) is 10.9 Å². The zero-order valence-corrected chi connectivity index (χ0v) is 18.8. The molecular formula is C23H31N7O. The molecule has 4 heterocycles. The van der Waals surface area contributed by atoms with Crippen LogP contribution in [0.5, 0.6) is 0 Å². The van der Waals surface area contributed by atoms with Crippen LogP contribution < -0.4 is 0 Å². The Morgan fingerprint density at radius 1 is 1.16 bits per heavy atom. The van der Waals surface area contributed by atoms with Crippen LogP contribution in [0.4, 0.5) is 0 Å². The van der Waals surface area contributed by atoms with Gasteiger partial charge in [0.2, 0.25) is 0 Å². The fraction of sp³-hybridized carbons (Fsp3) is 0.565. The van der Waals surface area contributed by atoms with Gasteiger partial charge in [0.25, 0.3) is 5.91 Å². The number of carbonyl (C=O) groups is 1. The molecule has 1 unspecified atom stereocenters. The second kappa shape index (κ2) is 7.44. The van der Waals surface area contributed by atoms with Gasteiger partial charge in [-0.2, -0.15) is 5.10 Å². The van der Waals surface area contributed by atoms with Crippen LogP contribution in [-0.4, -0.2) is 72.5 Å². The summed E-state index contributed by atoms with van der Waals surface area (Å²) in [6.45, 7) is 8.04. The molecular weight excluding hydrogens is 390 g/mol. The fourth-order valence-corrected chi connectivity index (χ4v) is 5.60. The van der Waals surface area contributed by atoms with Gasteiger partial charge in [0.15, 0.2) is 5.69 Å². The van der Waals surface area contributed by atoms with Crippen LogP contribution in [0.15, 0.2) is 30.6 Å². The van der Waals surface area contributed by atoms with Gasteiger partial charge < -0.3 is 14.4 Å². The minimum absolute atomic E-state index is 0.0205. The van der Waals surface area contributed by atoms with Gasteiger partial charge >= 0.3 is 0 Å². The number of aromatic nitrogens is 5. The summed E-state index contributed by atoms with van der Waals surface area (Å²) < 4.78 is 3.82. The minimum atomic E-state index is 0.0205. The van der Waals surface area contributed by atoms with Crippen LogP contribution in [0.3, 0.4) is 0 Å². The lowest BCUT2D eigenvalue weighted by atomic mass is 9.70. The first-order valence-corrected chi connectivity index (χ1v) is 11.2. The number of benzene rings is 1. The molecule has 1 spiro atoms. The lowest BCUT2D eigenvalue weighted by molar-refractivity contribution is 0.0643. The van der Waals surface area contributed by atoms with Gasteiger partial charge in [0.05, 0.1) is 5.52 Å². The number of piperidine rings is 1. The van der Waals surface area contributed by atoms with Gasteiger partial charge in [-0.15, -0.1) is 10.2 Å². The molecule has 0 bridgehead atoms. The number of nitrogens with zero attached hydrogens (tertiary/aromatic N) is 7. The molecule has 2 aliphatic heterocycles. The number of amides is 1. The Labute approximate surface area is 182 Å². The molecule has 2 aromatic heterocycles. The smallest absolute Gasteiger partial charge is 0.275 e. The summed E-state index contributed by atoms with van der Waals surface area (Å²) in [7, 11) is 3.90. The largest absolute Gasteiger partial charge is 0.336 e. The standard InChI is InChI=1S/C23H31N7O/c1-16(2)29-11-9-23(10-12-29)14-30(13-18(23)21-25-24-15-27(21)3)22(31)20-17-7-5-6-8-19(17)28(4)26-20/h5-8,15-16,18H,9-14H2,1-4H3. The summed E-state index contributed by atoms with van der Waals surface area (Å²) in [4.78, 5) is 18.2. The summed E-state index contributed by atoms with van der Waals surface area (Å²) in [5.41, 5.74) is 1.56. The average molecular weight is 422 g/mol. The molecule has 1 aromatic carbocycles. The number of carbonyl (C=O) groups excluding carboxylic acids is 1. The van der Waals surface area contributed by atoms with Crippen LogP contribution in [0.2, 0.25) is 0 Å². The first-order chi connectivity index (χ1) is 14.9. The Hall–Kier alpha value is -2.74. The van der Waals surface area contributed by atoms with Crippen molar-refractivity contribution in [3.8, 4) is 0 Å². The quantitative estimate of drug-likeness (QED) is 0.650. The normalized spacial score (nSPS) is 21.6. The molecule has 3 aromatic rings. The highest BCUT2D eigenvalue weighted by molar-refractivity contribution is 6.05. The third-order valence-electron chi connectivity index (χ3n) is 7.48. The van der Waals surface area contributed by atoms with E-state index in [4.69, 9.17) is 0 Å². The molecule has 0 aliphatic carbocycles. The van der Waals surface area contributed by atoms with Gasteiger partial charge in [-0.25, -0.2) is 0 Å². The van der Waals surface area contributed by atoms with Crippen LogP contribution >= 0.6 is 0 Å². The van der Waals surface area contributed by atoms with E-state index < -0.39 is 0 Å². The average Bonchev–Trinajstić information content (AvgIpc) is 3.44. The molecule has 1 atom stereocenters. The van der Waals surface area contributed by atoms with Crippen molar-refractivity contribution in [2.45, 2.75) is 38.6 Å². The second-order valence-electron chi connectivity index (χ2n) is 9.52. The van der Waals surface area contributed by atoms with E-state index in [1.165, 1.54) is 0 Å². The van der Waals surface area contributed by atoms with Gasteiger partial charge in [-0.3, -0.25) is 9.48 Å². The Kier molecular flexibility index (Phi) is 4.84. The van der Waals surface area contributed by atoms with Crippen molar-refractivity contribution in [1.29, 1.82) is 0 Å². The summed E-state index contributed by atoms with van der Waals surface area (Å²) in [5, 5.41) is 14.1. The van der Waals surface area contributed by atoms with Crippen molar-refractivity contribution in [3.63, 3.8) is 0 Å². The molecule has 0 saturated carbocycles. The van der Waals surface area contributed by atoms with Crippen molar-refractivity contribution in [3.05, 3.63) is 42.1 Å². The van der Waals surface area contributed by atoms with Crippen molar-refractivity contribution in [1.82, 2.24) is 34.3 Å². The highest BCUT2D eigenvalue weighted by Crippen LogP contribution is 2.49. The summed E-state index contributed by atoms with van der Waals surface area (Å²) in [6.07, 6.45) is 3.90. The zero-order valence-electron chi connectivity index (χ0n) is 18.8. The SMILES string of the molecule is CC(C)N1CCC2(CC1)CN(C(=O)c1nn(C)c3ccccc13)CC2c1nncn1C. The number of aryl methyl sites for hydroxylation is 2. The molecule has 164 valence electrons. The third-order valence-corrected chi connectivity index (χ3v) is 7.48. The number of rotatable bonds is 3. The lowest BCUT2D eigenvalue weighted by Gasteiger charge is -2.43. The first kappa shape index (κ1) is 20.2. The van der Waals surface area contributed by atoms with Crippen molar-refractivity contribution in [2.24, 2.45) is 19.5 Å². The highest BCUT2D eigenvalue weighted by atomic mass is 16.2. The predicted molar refractivity (Wildman–Crippen MR) is 119 cm³/mol. The van der Waals surface area contributed by atoms with E-state index in [0.29, 0.717) is 18.3 Å². The summed E-state index contributed by atoms with van der Waals surface area (Å²) in [5.74, 6) is 1.19. The fourth-order valence-electron chi connectivity index (χ4n) is 5.60. The Bertz CT molecular complexity index is 1110. The Morgan fingerprint density at radius 2 is 1.90 bits per heavy atom. The van der Waals surface area contributed by atoms with Gasteiger partial charge in [-0.1, -0.05) is 18.2 Å². The van der Waals surface area contributed by atoms with E-state index in [1.807, 2.05) is 47.8 Å². The summed E-state index contributed by atoms with van der Waals surface area (Å²) >= 11 is 0. The van der Waals surface area contributed by atoms with Gasteiger partial charge in [0.1, 0.15) is 12.2 Å². The van der Waals surface area contributed by atoms with E-state index in [-0.39, 0.29) is 17.2 Å². The molecule has 0 radical (unpaired) electrons. The maximum atomic E-state index is 13.7. The number of para-hydroxylation sites is 1. The number of hydrogen-bond acceptors (Lipinski definition) is 5. The predicted octanol–water partition coefficient (Wildman–Crippen LogP) is 2.43. The number of hydrogen-bond donors (Lipinski definition) is 0. The second-order valence-corrected chi connectivity index (χ2v) is 9.52. The molecule has 2 fully saturated rings. The molecule has 31 heavy (non-hydrogen) atoms. The Balaban J connectivity index is 1.48. The maximum Gasteiger partial charge on any atom is 0.275 e. The zero-order chi connectivity index (χ0) is 21.8. The van der Waals surface area contributed by atoms with Crippen molar-refractivity contribution in [2.75, 3.05) is 26.2 Å². The third kappa shape index (κ3) is 3.24. The molecule has 5 rings (SSSR count). The van der Waals surface area contributed by atoms with Crippen LogP contribution in [-0.2, 0) is 14.1 Å². The van der Waals surface area contributed by atoms with Gasteiger partial charge in [-0.05, 0) is 45.8 Å². The van der Waals surface area contributed by atoms with E-state index in [9.17, 15) is 4.79 Å². The van der Waals surface area contributed by atoms with E-state index in [0.717, 1.165) is 49.2 Å². The van der Waals surface area contributed by atoms with Crippen molar-refractivity contribution >= 4 is 16.8 Å². The maximum absolute atomic E-state index is 13.7. The topological polar surface area (TPSA) is 72.1 Å². The van der Waals surface area contributed by atoms with Gasteiger partial charge in [0, 0.05) is 49.9 Å². The summed E-state index contributed by atoms with van der Waals surface area (Å²) in [6, 6.07) is 8.49. The van der Waals surface area contributed by atoms with E-state index in [2.05, 4.69) is 34.0 Å². The van der Waals surface area contributed by atoms with Crippen LogP contribution in [0, 0.1) is 5.41 Å². The molecule has 2 saturated heterocycles. The molecule has 2 aliphatic rings. The number of fused-ring (bicyclic) bond motifs is 1. The first-order valence-electron chi connectivity index (χ1n) is 11.2. The minimum Gasteiger partial charge on any atom is -0.336 e. The number of likely N-dealkylation sites (tertiary alicyclic amines) is 2. The Morgan fingerprint density at radius 3 is 2.58 bits per heavy atom. The molecule has 1 amide bonds. The van der Waals surface area contributed by atoms with E-state index >= 15 is 0 Å². The molecule has 8 heteroatoms. The monoisotopic (exact) mass is 421 g/mol. The lowest BCUT2D eigenvalue weighted by Crippen LogP contribution is -2.46. The van der Waals surface area contributed by atoms with E-state index in [1.54, 1.807) is 11.0 Å². The van der Waals surface area contributed by atoms with Crippen LogP contribution in [0.1, 0.15) is 48.9 Å². The highest BCUT2D eigenvalue weighted by Gasteiger charge is 2.52.